The van der Waals surface area contributed by atoms with E-state index in [-0.39, 0.29) is 30.2 Å². The number of hydrogen-bond acceptors (Lipinski definition) is 4. The maximum atomic E-state index is 11.6. The van der Waals surface area contributed by atoms with Crippen LogP contribution in [0.2, 0.25) is 4.47 Å². The molecule has 1 aromatic rings. The summed E-state index contributed by atoms with van der Waals surface area (Å²) in [5.41, 5.74) is 0.688. The summed E-state index contributed by atoms with van der Waals surface area (Å²) < 4.78 is 0.439. The zero-order valence-electron chi connectivity index (χ0n) is 7.64. The van der Waals surface area contributed by atoms with Crippen molar-refractivity contribution in [3.05, 3.63) is 15.5 Å². The van der Waals surface area contributed by atoms with Gasteiger partial charge in [-0.3, -0.25) is 14.5 Å². The molecule has 0 bridgehead atoms. The second-order valence-corrected chi connectivity index (χ2v) is 5.24. The fraction of sp³-hybridized carbons (Fsp3) is 0.444. The molecule has 2 amide bonds. The van der Waals surface area contributed by atoms with Crippen molar-refractivity contribution in [1.29, 1.82) is 0 Å². The molecule has 4 nitrogen and oxygen atoms in total. The Kier molecular flexibility index (Phi) is 1.87. The summed E-state index contributed by atoms with van der Waals surface area (Å²) in [6, 6.07) is 0. The Morgan fingerprint density at radius 3 is 2.67 bits per heavy atom. The number of hydrogen-bond donors (Lipinski definition) is 0. The minimum absolute atomic E-state index is 0.0355. The molecule has 0 radical (unpaired) electrons. The van der Waals surface area contributed by atoms with Gasteiger partial charge in [0.1, 0.15) is 0 Å². The van der Waals surface area contributed by atoms with E-state index >= 15 is 0 Å². The maximum Gasteiger partial charge on any atom is 0.233 e. The molecule has 1 aromatic heterocycles. The van der Waals surface area contributed by atoms with E-state index in [1.54, 1.807) is 5.38 Å². The third kappa shape index (κ3) is 1.38. The number of thiazole rings is 1. The molecule has 1 saturated carbocycles. The van der Waals surface area contributed by atoms with Crippen LogP contribution in [0.3, 0.4) is 0 Å². The van der Waals surface area contributed by atoms with Gasteiger partial charge >= 0.3 is 0 Å². The molecule has 2 aliphatic rings. The number of likely N-dealkylation sites (tertiary alicyclic amines) is 1. The second kappa shape index (κ2) is 3.02. The lowest BCUT2D eigenvalue weighted by molar-refractivity contribution is -0.142. The van der Waals surface area contributed by atoms with Crippen LogP contribution >= 0.6 is 22.9 Å². The molecule has 2 fully saturated rings. The number of fused-ring (bicyclic) bond motifs is 1. The first-order valence-electron chi connectivity index (χ1n) is 4.62. The highest BCUT2D eigenvalue weighted by molar-refractivity contribution is 7.13. The lowest BCUT2D eigenvalue weighted by Crippen LogP contribution is -2.32. The van der Waals surface area contributed by atoms with Crippen molar-refractivity contribution >= 4 is 34.8 Å². The van der Waals surface area contributed by atoms with E-state index in [2.05, 4.69) is 4.98 Å². The average Bonchev–Trinajstić information content (AvgIpc) is 2.85. The van der Waals surface area contributed by atoms with Crippen LogP contribution in [0.5, 0.6) is 0 Å². The molecule has 15 heavy (non-hydrogen) atoms. The van der Waals surface area contributed by atoms with Gasteiger partial charge in [0.25, 0.3) is 0 Å². The van der Waals surface area contributed by atoms with Gasteiger partial charge < -0.3 is 0 Å². The quantitative estimate of drug-likeness (QED) is 0.735. The predicted octanol–water partition coefficient (Wildman–Crippen LogP) is 1.30. The van der Waals surface area contributed by atoms with Gasteiger partial charge in [0, 0.05) is 5.38 Å². The van der Waals surface area contributed by atoms with Crippen molar-refractivity contribution in [2.24, 2.45) is 11.8 Å². The highest BCUT2D eigenvalue weighted by Crippen LogP contribution is 2.47. The first-order chi connectivity index (χ1) is 7.16. The van der Waals surface area contributed by atoms with Crippen LogP contribution in [0.4, 0.5) is 0 Å². The molecule has 1 saturated heterocycles. The summed E-state index contributed by atoms with van der Waals surface area (Å²) in [6.07, 6.45) is 0.742. The van der Waals surface area contributed by atoms with Crippen LogP contribution in [0.15, 0.2) is 5.38 Å². The van der Waals surface area contributed by atoms with Crippen LogP contribution in [0.1, 0.15) is 12.1 Å². The zero-order valence-corrected chi connectivity index (χ0v) is 9.22. The summed E-state index contributed by atoms with van der Waals surface area (Å²) >= 11 is 6.98. The molecular weight excluding hydrogens is 236 g/mol. The minimum atomic E-state index is -0.0471. The highest BCUT2D eigenvalue weighted by Gasteiger charge is 2.58. The Labute approximate surface area is 94.9 Å². The summed E-state index contributed by atoms with van der Waals surface area (Å²) in [6.45, 7) is 0.272. The number of rotatable bonds is 2. The molecule has 6 heteroatoms. The van der Waals surface area contributed by atoms with Gasteiger partial charge in [-0.2, -0.15) is 0 Å². The molecule has 0 N–H and O–H groups in total. The Hall–Kier alpha value is -0.940. The third-order valence-corrected chi connectivity index (χ3v) is 3.83. The van der Waals surface area contributed by atoms with Crippen molar-refractivity contribution in [2.75, 3.05) is 0 Å². The Morgan fingerprint density at radius 2 is 2.13 bits per heavy atom. The number of amides is 2. The molecule has 0 spiro atoms. The fourth-order valence-corrected chi connectivity index (χ4v) is 2.70. The number of aromatic nitrogens is 1. The first-order valence-corrected chi connectivity index (χ1v) is 5.87. The van der Waals surface area contributed by atoms with E-state index < -0.39 is 0 Å². The number of imide groups is 1. The molecule has 78 valence electrons. The minimum Gasteiger partial charge on any atom is -0.276 e. The third-order valence-electron chi connectivity index (χ3n) is 2.80. The van der Waals surface area contributed by atoms with Crippen LogP contribution < -0.4 is 0 Å². The van der Waals surface area contributed by atoms with E-state index in [1.807, 2.05) is 0 Å². The average molecular weight is 243 g/mol. The summed E-state index contributed by atoms with van der Waals surface area (Å²) in [5, 5.41) is 1.77. The van der Waals surface area contributed by atoms with Crippen LogP contribution in [-0.2, 0) is 16.1 Å². The molecule has 2 atom stereocenters. The van der Waals surface area contributed by atoms with Gasteiger partial charge in [-0.1, -0.05) is 11.6 Å². The van der Waals surface area contributed by atoms with Gasteiger partial charge in [-0.25, -0.2) is 4.98 Å². The predicted molar refractivity (Wildman–Crippen MR) is 54.3 cm³/mol. The van der Waals surface area contributed by atoms with E-state index in [9.17, 15) is 9.59 Å². The Morgan fingerprint density at radius 1 is 1.47 bits per heavy atom. The fourth-order valence-electron chi connectivity index (χ4n) is 1.92. The van der Waals surface area contributed by atoms with Crippen molar-refractivity contribution in [2.45, 2.75) is 13.0 Å². The summed E-state index contributed by atoms with van der Waals surface area (Å²) in [4.78, 5) is 28.5. The smallest absolute Gasteiger partial charge is 0.233 e. The van der Waals surface area contributed by atoms with Gasteiger partial charge in [0.15, 0.2) is 4.47 Å². The van der Waals surface area contributed by atoms with Crippen molar-refractivity contribution in [3.8, 4) is 0 Å². The maximum absolute atomic E-state index is 11.6. The highest BCUT2D eigenvalue weighted by atomic mass is 35.5. The van der Waals surface area contributed by atoms with Crippen molar-refractivity contribution < 1.29 is 9.59 Å². The SMILES string of the molecule is O=C1C2CC2C(=O)N1Cc1csc(Cl)n1. The normalized spacial score (nSPS) is 28.5. The lowest BCUT2D eigenvalue weighted by atomic mass is 10.3. The van der Waals surface area contributed by atoms with E-state index in [4.69, 9.17) is 11.6 Å². The summed E-state index contributed by atoms with van der Waals surface area (Å²) in [5.74, 6) is -0.165. The van der Waals surface area contributed by atoms with Gasteiger partial charge in [0.05, 0.1) is 24.1 Å². The summed E-state index contributed by atoms with van der Waals surface area (Å²) in [7, 11) is 0. The molecule has 1 aliphatic carbocycles. The first kappa shape index (κ1) is 9.30. The largest absolute Gasteiger partial charge is 0.276 e. The molecular formula is C9H7ClN2O2S. The van der Waals surface area contributed by atoms with Gasteiger partial charge in [0.2, 0.25) is 11.8 Å². The monoisotopic (exact) mass is 242 g/mol. The Bertz CT molecular complexity index is 439. The van der Waals surface area contributed by atoms with E-state index in [1.165, 1.54) is 16.2 Å². The van der Waals surface area contributed by atoms with Crippen LogP contribution in [-0.4, -0.2) is 21.7 Å². The standard InChI is InChI=1S/C9H7ClN2O2S/c10-9-11-4(3-15-9)2-12-7(13)5-1-6(5)8(12)14/h3,5-6H,1-2H2. The van der Waals surface area contributed by atoms with Crippen LogP contribution in [0.25, 0.3) is 0 Å². The number of nitrogens with zero attached hydrogens (tertiary/aromatic N) is 2. The molecule has 1 aliphatic heterocycles. The number of piperidine rings is 1. The van der Waals surface area contributed by atoms with Crippen LogP contribution in [0, 0.1) is 11.8 Å². The molecule has 0 aromatic carbocycles. The second-order valence-electron chi connectivity index (χ2n) is 3.80. The molecule has 2 heterocycles. The van der Waals surface area contributed by atoms with Gasteiger partial charge in [-0.15, -0.1) is 11.3 Å². The zero-order chi connectivity index (χ0) is 10.6. The van der Waals surface area contributed by atoms with Crippen molar-refractivity contribution in [3.63, 3.8) is 0 Å². The van der Waals surface area contributed by atoms with E-state index in [0.717, 1.165) is 6.42 Å². The Balaban J connectivity index is 1.79. The van der Waals surface area contributed by atoms with E-state index in [0.29, 0.717) is 10.2 Å². The molecule has 2 unspecified atom stereocenters. The topological polar surface area (TPSA) is 50.3 Å². The molecule has 3 rings (SSSR count). The van der Waals surface area contributed by atoms with Crippen molar-refractivity contribution in [1.82, 2.24) is 9.88 Å². The number of halogens is 1. The lowest BCUT2D eigenvalue weighted by Gasteiger charge is -2.14. The number of carbonyl (C=O) groups excluding carboxylic acids is 2. The van der Waals surface area contributed by atoms with Gasteiger partial charge in [-0.05, 0) is 6.42 Å². The number of carbonyl (C=O) groups is 2.